The van der Waals surface area contributed by atoms with E-state index in [1.54, 1.807) is 6.42 Å². The van der Waals surface area contributed by atoms with Gasteiger partial charge in [0.1, 0.15) is 0 Å². The van der Waals surface area contributed by atoms with Crippen molar-refractivity contribution >= 4 is 12.6 Å². The molecule has 0 aromatic heterocycles. The van der Waals surface area contributed by atoms with E-state index in [1.165, 1.54) is 32.4 Å². The first-order valence-electron chi connectivity index (χ1n) is 7.39. The van der Waals surface area contributed by atoms with Gasteiger partial charge >= 0.3 is 0 Å². The van der Waals surface area contributed by atoms with E-state index in [4.69, 9.17) is 0 Å². The molecule has 0 saturated heterocycles. The van der Waals surface area contributed by atoms with Crippen LogP contribution in [-0.4, -0.2) is 30.8 Å². The molecule has 0 spiro atoms. The van der Waals surface area contributed by atoms with Gasteiger partial charge in [-0.2, -0.15) is 12.6 Å². The summed E-state index contributed by atoms with van der Waals surface area (Å²) < 4.78 is 0. The van der Waals surface area contributed by atoms with E-state index in [0.717, 1.165) is 35.3 Å². The van der Waals surface area contributed by atoms with E-state index in [1.807, 2.05) is 0 Å². The van der Waals surface area contributed by atoms with Crippen LogP contribution in [0.2, 0.25) is 0 Å². The number of fused-ring (bicyclic) bond motifs is 2. The van der Waals surface area contributed by atoms with E-state index in [2.05, 4.69) is 38.4 Å². The van der Waals surface area contributed by atoms with E-state index in [0.29, 0.717) is 0 Å². The van der Waals surface area contributed by atoms with Gasteiger partial charge in [0.15, 0.2) is 0 Å². The molecule has 2 fully saturated rings. The van der Waals surface area contributed by atoms with Gasteiger partial charge in [-0.1, -0.05) is 20.3 Å². The molecule has 4 atom stereocenters. The van der Waals surface area contributed by atoms with Gasteiger partial charge in [-0.3, -0.25) is 0 Å². The molecule has 0 radical (unpaired) electrons. The van der Waals surface area contributed by atoms with Gasteiger partial charge in [0.25, 0.3) is 0 Å². The zero-order valence-electron chi connectivity index (χ0n) is 11.7. The third kappa shape index (κ3) is 3.41. The molecule has 0 aromatic carbocycles. The van der Waals surface area contributed by atoms with Gasteiger partial charge in [0.05, 0.1) is 0 Å². The Labute approximate surface area is 113 Å². The summed E-state index contributed by atoms with van der Waals surface area (Å²) in [5.41, 5.74) is 0. The van der Waals surface area contributed by atoms with Crippen molar-refractivity contribution in [1.29, 1.82) is 0 Å². The minimum absolute atomic E-state index is 0.752. The number of nitrogens with zero attached hydrogens (tertiary/aromatic N) is 1. The monoisotopic (exact) mass is 255 g/mol. The Hall–Kier alpha value is 0.310. The quantitative estimate of drug-likeness (QED) is 0.710. The van der Waals surface area contributed by atoms with Crippen molar-refractivity contribution in [2.24, 2.45) is 29.6 Å². The molecule has 2 aliphatic rings. The second kappa shape index (κ2) is 5.97. The van der Waals surface area contributed by atoms with Crippen molar-refractivity contribution in [1.82, 2.24) is 4.90 Å². The highest BCUT2D eigenvalue weighted by Gasteiger charge is 2.39. The number of hydrogen-bond acceptors (Lipinski definition) is 2. The van der Waals surface area contributed by atoms with Crippen molar-refractivity contribution in [2.75, 3.05) is 25.9 Å². The van der Waals surface area contributed by atoms with Crippen LogP contribution in [0.3, 0.4) is 0 Å². The number of thiol groups is 1. The lowest BCUT2D eigenvalue weighted by atomic mass is 9.88. The normalized spacial score (nSPS) is 33.9. The molecule has 2 bridgehead atoms. The van der Waals surface area contributed by atoms with Crippen molar-refractivity contribution in [2.45, 2.75) is 39.5 Å². The van der Waals surface area contributed by atoms with E-state index in [9.17, 15) is 0 Å². The molecule has 2 aliphatic carbocycles. The summed E-state index contributed by atoms with van der Waals surface area (Å²) in [7, 11) is 2.31. The lowest BCUT2D eigenvalue weighted by Gasteiger charge is -2.30. The van der Waals surface area contributed by atoms with Crippen LogP contribution in [0, 0.1) is 29.6 Å². The molecule has 4 unspecified atom stereocenters. The molecule has 2 rings (SSSR count). The highest BCUT2D eigenvalue weighted by molar-refractivity contribution is 7.80. The molecule has 2 saturated carbocycles. The zero-order valence-corrected chi connectivity index (χ0v) is 12.6. The summed E-state index contributed by atoms with van der Waals surface area (Å²) in [6.07, 6.45) is 6.10. The fraction of sp³-hybridized carbons (Fsp3) is 1.00. The summed E-state index contributed by atoms with van der Waals surface area (Å²) in [5, 5.41) is 0. The third-order valence-electron chi connectivity index (χ3n) is 5.15. The maximum Gasteiger partial charge on any atom is 0.00170 e. The average molecular weight is 255 g/mol. The highest BCUT2D eigenvalue weighted by Crippen LogP contribution is 2.48. The van der Waals surface area contributed by atoms with Crippen LogP contribution in [0.1, 0.15) is 39.5 Å². The van der Waals surface area contributed by atoms with Crippen LogP contribution >= 0.6 is 12.6 Å². The molecule has 17 heavy (non-hydrogen) atoms. The van der Waals surface area contributed by atoms with Crippen molar-refractivity contribution in [3.05, 3.63) is 0 Å². The second-order valence-corrected chi connectivity index (χ2v) is 7.21. The molecule has 0 heterocycles. The zero-order chi connectivity index (χ0) is 12.4. The smallest absolute Gasteiger partial charge is 0.00170 e. The summed E-state index contributed by atoms with van der Waals surface area (Å²) in [4.78, 5) is 2.58. The first-order valence-corrected chi connectivity index (χ1v) is 8.02. The first-order chi connectivity index (χ1) is 8.10. The first kappa shape index (κ1) is 13.7. The third-order valence-corrected chi connectivity index (χ3v) is 5.62. The number of hydrogen-bond donors (Lipinski definition) is 1. The predicted molar refractivity (Wildman–Crippen MR) is 78.6 cm³/mol. The summed E-state index contributed by atoms with van der Waals surface area (Å²) in [6.45, 7) is 7.21. The average Bonchev–Trinajstić information content (AvgIpc) is 2.87. The Kier molecular flexibility index (Phi) is 4.82. The maximum absolute atomic E-state index is 4.49. The van der Waals surface area contributed by atoms with Crippen molar-refractivity contribution in [3.63, 3.8) is 0 Å². The molecule has 0 amide bonds. The van der Waals surface area contributed by atoms with Crippen LogP contribution in [0.15, 0.2) is 0 Å². The standard InChI is InChI=1S/C15H29NS/c1-11(2)15(10-17)9-16(3)8-14-7-12-4-5-13(14)6-12/h11-15,17H,4-10H2,1-3H3. The Bertz CT molecular complexity index is 241. The molecular formula is C15H29NS. The second-order valence-electron chi connectivity index (χ2n) is 6.84. The SMILES string of the molecule is CC(C)C(CS)CN(C)CC1CC2CCC1C2. The van der Waals surface area contributed by atoms with Crippen LogP contribution < -0.4 is 0 Å². The van der Waals surface area contributed by atoms with Gasteiger partial charge in [-0.05, 0) is 61.7 Å². The topological polar surface area (TPSA) is 3.24 Å². The minimum Gasteiger partial charge on any atom is -0.306 e. The molecule has 100 valence electrons. The van der Waals surface area contributed by atoms with E-state index < -0.39 is 0 Å². The van der Waals surface area contributed by atoms with Crippen molar-refractivity contribution < 1.29 is 0 Å². The molecule has 0 aromatic rings. The van der Waals surface area contributed by atoms with Crippen LogP contribution in [0.4, 0.5) is 0 Å². The lowest BCUT2D eigenvalue weighted by molar-refractivity contribution is 0.188. The fourth-order valence-corrected chi connectivity index (χ4v) is 4.49. The largest absolute Gasteiger partial charge is 0.306 e. The summed E-state index contributed by atoms with van der Waals surface area (Å²) in [5.74, 6) is 5.70. The Morgan fingerprint density at radius 3 is 2.47 bits per heavy atom. The Balaban J connectivity index is 1.75. The number of rotatable bonds is 6. The van der Waals surface area contributed by atoms with Crippen LogP contribution in [0.5, 0.6) is 0 Å². The lowest BCUT2D eigenvalue weighted by Crippen LogP contribution is -2.34. The van der Waals surface area contributed by atoms with Gasteiger partial charge in [-0.25, -0.2) is 0 Å². The van der Waals surface area contributed by atoms with Gasteiger partial charge < -0.3 is 4.90 Å². The van der Waals surface area contributed by atoms with Crippen LogP contribution in [-0.2, 0) is 0 Å². The highest BCUT2D eigenvalue weighted by atomic mass is 32.1. The molecular weight excluding hydrogens is 226 g/mol. The summed E-state index contributed by atoms with van der Waals surface area (Å²) in [6, 6.07) is 0. The fourth-order valence-electron chi connectivity index (χ4n) is 3.95. The molecule has 2 heteroatoms. The van der Waals surface area contributed by atoms with Crippen LogP contribution in [0.25, 0.3) is 0 Å². The van der Waals surface area contributed by atoms with Crippen molar-refractivity contribution in [3.8, 4) is 0 Å². The van der Waals surface area contributed by atoms with Gasteiger partial charge in [-0.15, -0.1) is 0 Å². The van der Waals surface area contributed by atoms with E-state index >= 15 is 0 Å². The predicted octanol–water partition coefficient (Wildman–Crippen LogP) is 3.56. The van der Waals surface area contributed by atoms with E-state index in [-0.39, 0.29) is 0 Å². The molecule has 1 nitrogen and oxygen atoms in total. The molecule has 0 N–H and O–H groups in total. The van der Waals surface area contributed by atoms with Gasteiger partial charge in [0, 0.05) is 13.1 Å². The summed E-state index contributed by atoms with van der Waals surface area (Å²) >= 11 is 4.49. The Morgan fingerprint density at radius 1 is 1.24 bits per heavy atom. The minimum atomic E-state index is 0.752. The molecule has 0 aliphatic heterocycles. The Morgan fingerprint density at radius 2 is 2.00 bits per heavy atom. The maximum atomic E-state index is 4.49. The van der Waals surface area contributed by atoms with Gasteiger partial charge in [0.2, 0.25) is 0 Å².